The largest absolute Gasteiger partial charge is 0.508 e. The highest BCUT2D eigenvalue weighted by Crippen LogP contribution is 2.27. The number of hydrogen-bond acceptors (Lipinski definition) is 3. The van der Waals surface area contributed by atoms with E-state index in [-0.39, 0.29) is 5.75 Å². The minimum atomic E-state index is 0.286. The molecule has 0 amide bonds. The van der Waals surface area contributed by atoms with Gasteiger partial charge in [0.2, 0.25) is 0 Å². The molecule has 1 heterocycles. The Morgan fingerprint density at radius 3 is 2.59 bits per heavy atom. The monoisotopic (exact) mass is 226 g/mol. The Balaban J connectivity index is 1.83. The van der Waals surface area contributed by atoms with Gasteiger partial charge in [0.15, 0.2) is 0 Å². The number of phenolic OH excluding ortho intramolecular Hbond substituents is 1. The van der Waals surface area contributed by atoms with E-state index in [9.17, 15) is 5.11 Å². The minimum Gasteiger partial charge on any atom is -0.508 e. The maximum atomic E-state index is 9.21. The molecule has 86 valence electrons. The van der Waals surface area contributed by atoms with E-state index >= 15 is 0 Å². The number of rotatable bonds is 2. The number of anilines is 3. The Bertz CT molecular complexity index is 534. The Kier molecular flexibility index (Phi) is 2.37. The molecule has 0 spiro atoms. The Morgan fingerprint density at radius 2 is 1.76 bits per heavy atom. The number of hydrogen-bond donors (Lipinski definition) is 3. The summed E-state index contributed by atoms with van der Waals surface area (Å²) in [4.78, 5) is 0. The van der Waals surface area contributed by atoms with Crippen LogP contribution in [0.4, 0.5) is 17.1 Å². The van der Waals surface area contributed by atoms with E-state index in [2.05, 4.69) is 28.8 Å². The molecule has 17 heavy (non-hydrogen) atoms. The van der Waals surface area contributed by atoms with Crippen LogP contribution in [-0.2, 0) is 6.42 Å². The molecule has 0 atom stereocenters. The van der Waals surface area contributed by atoms with Crippen molar-refractivity contribution < 1.29 is 5.11 Å². The van der Waals surface area contributed by atoms with Gasteiger partial charge in [-0.25, -0.2) is 0 Å². The van der Waals surface area contributed by atoms with Crippen molar-refractivity contribution in [2.75, 3.05) is 17.2 Å². The maximum Gasteiger partial charge on any atom is 0.115 e. The molecule has 2 aromatic rings. The molecule has 0 radical (unpaired) electrons. The van der Waals surface area contributed by atoms with Gasteiger partial charge in [-0.15, -0.1) is 0 Å². The SMILES string of the molecule is Oc1ccc(Nc2ccc3c(c2)CCN3)cc1. The number of phenols is 1. The van der Waals surface area contributed by atoms with Crippen molar-refractivity contribution in [2.45, 2.75) is 6.42 Å². The average molecular weight is 226 g/mol. The van der Waals surface area contributed by atoms with E-state index in [4.69, 9.17) is 0 Å². The third-order valence-corrected chi connectivity index (χ3v) is 2.97. The zero-order valence-electron chi connectivity index (χ0n) is 9.40. The van der Waals surface area contributed by atoms with Crippen LogP contribution in [0.3, 0.4) is 0 Å². The van der Waals surface area contributed by atoms with E-state index in [1.807, 2.05) is 12.1 Å². The highest BCUT2D eigenvalue weighted by atomic mass is 16.3. The Labute approximate surface area is 100 Å². The number of aromatic hydroxyl groups is 1. The zero-order valence-corrected chi connectivity index (χ0v) is 9.40. The molecule has 0 aliphatic carbocycles. The fraction of sp³-hybridized carbons (Fsp3) is 0.143. The van der Waals surface area contributed by atoms with Gasteiger partial charge in [-0.05, 0) is 54.4 Å². The molecule has 3 nitrogen and oxygen atoms in total. The summed E-state index contributed by atoms with van der Waals surface area (Å²) in [5, 5.41) is 15.9. The normalized spacial score (nSPS) is 12.9. The second-order valence-corrected chi connectivity index (χ2v) is 4.22. The second kappa shape index (κ2) is 4.01. The predicted octanol–water partition coefficient (Wildman–Crippen LogP) is 3.10. The van der Waals surface area contributed by atoms with Crippen LogP contribution in [0, 0.1) is 0 Å². The van der Waals surface area contributed by atoms with Gasteiger partial charge in [0.05, 0.1) is 0 Å². The summed E-state index contributed by atoms with van der Waals surface area (Å²) in [6.07, 6.45) is 1.08. The van der Waals surface area contributed by atoms with Crippen LogP contribution in [0.15, 0.2) is 42.5 Å². The molecule has 0 aromatic heterocycles. The third-order valence-electron chi connectivity index (χ3n) is 2.97. The number of nitrogens with one attached hydrogen (secondary N) is 2. The van der Waals surface area contributed by atoms with Crippen molar-refractivity contribution in [3.63, 3.8) is 0 Å². The second-order valence-electron chi connectivity index (χ2n) is 4.22. The lowest BCUT2D eigenvalue weighted by Crippen LogP contribution is -1.91. The van der Waals surface area contributed by atoms with Crippen molar-refractivity contribution >= 4 is 17.1 Å². The molecule has 1 aliphatic heterocycles. The molecule has 0 unspecified atom stereocenters. The molecule has 0 fully saturated rings. The topological polar surface area (TPSA) is 44.3 Å². The number of benzene rings is 2. The van der Waals surface area contributed by atoms with Crippen LogP contribution in [0.1, 0.15) is 5.56 Å². The van der Waals surface area contributed by atoms with Gasteiger partial charge in [0.25, 0.3) is 0 Å². The van der Waals surface area contributed by atoms with E-state index in [0.29, 0.717) is 0 Å². The summed E-state index contributed by atoms with van der Waals surface area (Å²) in [6.45, 7) is 1.03. The van der Waals surface area contributed by atoms with E-state index in [1.54, 1.807) is 12.1 Å². The molecule has 0 saturated carbocycles. The lowest BCUT2D eigenvalue weighted by molar-refractivity contribution is 0.475. The van der Waals surface area contributed by atoms with Crippen LogP contribution in [0.25, 0.3) is 0 Å². The molecule has 0 saturated heterocycles. The first-order valence-corrected chi connectivity index (χ1v) is 5.74. The summed E-state index contributed by atoms with van der Waals surface area (Å²) < 4.78 is 0. The molecule has 2 aromatic carbocycles. The summed E-state index contributed by atoms with van der Waals surface area (Å²) in [5.41, 5.74) is 4.65. The first-order chi connectivity index (χ1) is 8.31. The van der Waals surface area contributed by atoms with Gasteiger partial charge < -0.3 is 15.7 Å². The smallest absolute Gasteiger partial charge is 0.115 e. The van der Waals surface area contributed by atoms with Crippen molar-refractivity contribution in [3.05, 3.63) is 48.0 Å². The number of fused-ring (bicyclic) bond motifs is 1. The quantitative estimate of drug-likeness (QED) is 0.689. The van der Waals surface area contributed by atoms with Crippen LogP contribution < -0.4 is 10.6 Å². The highest BCUT2D eigenvalue weighted by molar-refractivity contribution is 5.67. The third kappa shape index (κ3) is 2.04. The van der Waals surface area contributed by atoms with Crippen molar-refractivity contribution in [2.24, 2.45) is 0 Å². The summed E-state index contributed by atoms with van der Waals surface area (Å²) in [6, 6.07) is 13.4. The van der Waals surface area contributed by atoms with Crippen molar-refractivity contribution in [3.8, 4) is 5.75 Å². The Hall–Kier alpha value is -2.16. The van der Waals surface area contributed by atoms with Crippen LogP contribution in [0.2, 0.25) is 0 Å². The first-order valence-electron chi connectivity index (χ1n) is 5.74. The van der Waals surface area contributed by atoms with E-state index in [1.165, 1.54) is 11.3 Å². The van der Waals surface area contributed by atoms with Gasteiger partial charge >= 0.3 is 0 Å². The lowest BCUT2D eigenvalue weighted by atomic mass is 10.1. The van der Waals surface area contributed by atoms with Gasteiger partial charge in [0, 0.05) is 23.6 Å². The van der Waals surface area contributed by atoms with Crippen LogP contribution in [0.5, 0.6) is 5.75 Å². The fourth-order valence-electron chi connectivity index (χ4n) is 2.09. The Morgan fingerprint density at radius 1 is 1.00 bits per heavy atom. The standard InChI is InChI=1S/C14H14N2O/c17-13-4-1-11(2-5-13)16-12-3-6-14-10(9-12)7-8-15-14/h1-6,9,15-17H,7-8H2. The zero-order chi connectivity index (χ0) is 11.7. The van der Waals surface area contributed by atoms with Crippen molar-refractivity contribution in [1.82, 2.24) is 0 Å². The van der Waals surface area contributed by atoms with Crippen LogP contribution >= 0.6 is 0 Å². The van der Waals surface area contributed by atoms with Crippen molar-refractivity contribution in [1.29, 1.82) is 0 Å². The first kappa shape index (κ1) is 10.0. The van der Waals surface area contributed by atoms with E-state index in [0.717, 1.165) is 24.3 Å². The summed E-state index contributed by atoms with van der Waals surface area (Å²) in [5.74, 6) is 0.286. The van der Waals surface area contributed by atoms with Gasteiger partial charge in [-0.2, -0.15) is 0 Å². The van der Waals surface area contributed by atoms with Crippen LogP contribution in [-0.4, -0.2) is 11.7 Å². The molecule has 0 bridgehead atoms. The maximum absolute atomic E-state index is 9.21. The molecule has 1 aliphatic rings. The van der Waals surface area contributed by atoms with Gasteiger partial charge in [-0.3, -0.25) is 0 Å². The average Bonchev–Trinajstić information content (AvgIpc) is 2.79. The molecule has 3 heteroatoms. The summed E-state index contributed by atoms with van der Waals surface area (Å²) in [7, 11) is 0. The molecule has 3 N–H and O–H groups in total. The van der Waals surface area contributed by atoms with E-state index < -0.39 is 0 Å². The molecule has 3 rings (SSSR count). The highest BCUT2D eigenvalue weighted by Gasteiger charge is 2.09. The predicted molar refractivity (Wildman–Crippen MR) is 70.0 cm³/mol. The van der Waals surface area contributed by atoms with Gasteiger partial charge in [0.1, 0.15) is 5.75 Å². The minimum absolute atomic E-state index is 0.286. The van der Waals surface area contributed by atoms with Gasteiger partial charge in [-0.1, -0.05) is 0 Å². The lowest BCUT2D eigenvalue weighted by Gasteiger charge is -2.08. The molecular weight excluding hydrogens is 212 g/mol. The summed E-state index contributed by atoms with van der Waals surface area (Å²) >= 11 is 0. The fourth-order valence-corrected chi connectivity index (χ4v) is 2.09. The molecular formula is C14H14N2O.